The molecule has 0 aromatic rings. The number of rotatable bonds is 4. The zero-order valence-corrected chi connectivity index (χ0v) is 9.06. The Morgan fingerprint density at radius 3 is 2.23 bits per heavy atom. The molecule has 0 aromatic carbocycles. The molecule has 0 amide bonds. The highest BCUT2D eigenvalue weighted by Gasteiger charge is 2.17. The van der Waals surface area contributed by atoms with E-state index in [1.807, 2.05) is 20.8 Å². The largest absolute Gasteiger partial charge is 0.386 e. The summed E-state index contributed by atoms with van der Waals surface area (Å²) < 4.78 is 24.2. The summed E-state index contributed by atoms with van der Waals surface area (Å²) in [5.74, 6) is 0.0642. The molecule has 0 aliphatic carbocycles. The molecule has 13 heavy (non-hydrogen) atoms. The molecule has 0 atom stereocenters. The van der Waals surface area contributed by atoms with Gasteiger partial charge in [0.15, 0.2) is 0 Å². The fourth-order valence-electron chi connectivity index (χ4n) is 0.811. The average molecular weight is 207 g/mol. The van der Waals surface area contributed by atoms with Crippen LogP contribution in [0.25, 0.3) is 0 Å². The topological polar surface area (TPSA) is 98.5 Å². The van der Waals surface area contributed by atoms with Crippen LogP contribution in [-0.4, -0.2) is 14.3 Å². The number of amidine groups is 1. The van der Waals surface area contributed by atoms with E-state index in [1.165, 1.54) is 0 Å². The van der Waals surface area contributed by atoms with Crippen molar-refractivity contribution in [2.24, 2.45) is 20.7 Å². The van der Waals surface area contributed by atoms with Crippen molar-refractivity contribution in [3.8, 4) is 0 Å². The zero-order chi connectivity index (χ0) is 10.7. The Bertz CT molecular complexity index is 293. The molecule has 0 saturated heterocycles. The Morgan fingerprint density at radius 2 is 1.92 bits per heavy atom. The molecule has 0 aliphatic rings. The third-order valence-corrected chi connectivity index (χ3v) is 2.35. The van der Waals surface area contributed by atoms with Gasteiger partial charge in [-0.15, -0.1) is 4.40 Å². The molecular weight excluding hydrogens is 190 g/mol. The van der Waals surface area contributed by atoms with Gasteiger partial charge in [-0.05, 0) is 5.41 Å². The van der Waals surface area contributed by atoms with Gasteiger partial charge in [0.1, 0.15) is 5.84 Å². The van der Waals surface area contributed by atoms with Crippen molar-refractivity contribution in [1.82, 2.24) is 0 Å². The molecule has 78 valence electrons. The van der Waals surface area contributed by atoms with Crippen molar-refractivity contribution >= 4 is 16.0 Å². The number of hydrogen-bond donors (Lipinski definition) is 2. The summed E-state index contributed by atoms with van der Waals surface area (Å²) in [7, 11) is -3.84. The average Bonchev–Trinajstić information content (AvgIpc) is 1.81. The van der Waals surface area contributed by atoms with Crippen LogP contribution in [0.1, 0.15) is 33.6 Å². The highest BCUT2D eigenvalue weighted by molar-refractivity contribution is 7.88. The lowest BCUT2D eigenvalue weighted by Crippen LogP contribution is -2.25. The molecule has 0 bridgehead atoms. The number of nitrogens with zero attached hydrogens (tertiary/aromatic N) is 1. The molecule has 0 aromatic heterocycles. The predicted molar refractivity (Wildman–Crippen MR) is 53.4 cm³/mol. The Kier molecular flexibility index (Phi) is 3.87. The lowest BCUT2D eigenvalue weighted by molar-refractivity contribution is 0.367. The van der Waals surface area contributed by atoms with E-state index in [1.54, 1.807) is 0 Å². The third-order valence-electron chi connectivity index (χ3n) is 1.86. The van der Waals surface area contributed by atoms with E-state index >= 15 is 0 Å². The first kappa shape index (κ1) is 12.4. The van der Waals surface area contributed by atoms with Crippen molar-refractivity contribution in [3.05, 3.63) is 0 Å². The second kappa shape index (κ2) is 4.06. The van der Waals surface area contributed by atoms with Gasteiger partial charge in [-0.2, -0.15) is 8.42 Å². The van der Waals surface area contributed by atoms with Crippen LogP contribution in [0.5, 0.6) is 0 Å². The van der Waals surface area contributed by atoms with Crippen LogP contribution < -0.4 is 10.9 Å². The molecule has 0 rings (SSSR count). The van der Waals surface area contributed by atoms with Gasteiger partial charge in [-0.25, -0.2) is 5.14 Å². The summed E-state index contributed by atoms with van der Waals surface area (Å²) in [6.07, 6.45) is 1.33. The molecule has 0 unspecified atom stereocenters. The van der Waals surface area contributed by atoms with Crippen molar-refractivity contribution in [2.45, 2.75) is 33.6 Å². The molecule has 0 radical (unpaired) electrons. The van der Waals surface area contributed by atoms with Gasteiger partial charge in [0.2, 0.25) is 0 Å². The van der Waals surface area contributed by atoms with Gasteiger partial charge in [-0.1, -0.05) is 27.2 Å². The Morgan fingerprint density at radius 1 is 1.46 bits per heavy atom. The van der Waals surface area contributed by atoms with E-state index in [2.05, 4.69) is 4.40 Å². The Hall–Kier alpha value is -0.620. The van der Waals surface area contributed by atoms with E-state index < -0.39 is 10.2 Å². The molecule has 6 heteroatoms. The molecule has 0 saturated carbocycles. The summed E-state index contributed by atoms with van der Waals surface area (Å²) in [6.45, 7) is 5.97. The monoisotopic (exact) mass is 207 g/mol. The van der Waals surface area contributed by atoms with Crippen LogP contribution in [0.3, 0.4) is 0 Å². The van der Waals surface area contributed by atoms with E-state index in [0.29, 0.717) is 6.42 Å². The summed E-state index contributed by atoms with van der Waals surface area (Å²) in [6, 6.07) is 0. The van der Waals surface area contributed by atoms with Gasteiger partial charge < -0.3 is 5.73 Å². The molecule has 0 heterocycles. The SMILES string of the molecule is CCC(C)(C)C/C(N)=N/S(N)(=O)=O. The second-order valence-electron chi connectivity index (χ2n) is 3.79. The Labute approximate surface area is 79.4 Å². The van der Waals surface area contributed by atoms with Crippen LogP contribution in [0.15, 0.2) is 4.40 Å². The summed E-state index contributed by atoms with van der Waals surface area (Å²) in [4.78, 5) is 0. The Balaban J connectivity index is 4.49. The molecule has 0 aliphatic heterocycles. The van der Waals surface area contributed by atoms with Gasteiger partial charge in [0.25, 0.3) is 0 Å². The van der Waals surface area contributed by atoms with E-state index in [9.17, 15) is 8.42 Å². The minimum absolute atomic E-state index is 0.0434. The van der Waals surface area contributed by atoms with E-state index in [4.69, 9.17) is 10.9 Å². The van der Waals surface area contributed by atoms with Gasteiger partial charge in [-0.3, -0.25) is 0 Å². The van der Waals surface area contributed by atoms with Gasteiger partial charge in [0.05, 0.1) is 0 Å². The van der Waals surface area contributed by atoms with Crippen molar-refractivity contribution in [3.63, 3.8) is 0 Å². The van der Waals surface area contributed by atoms with Gasteiger partial charge in [0, 0.05) is 6.42 Å². The molecular formula is C7H17N3O2S. The lowest BCUT2D eigenvalue weighted by atomic mass is 9.86. The smallest absolute Gasteiger partial charge is 0.318 e. The van der Waals surface area contributed by atoms with Crippen LogP contribution in [0.4, 0.5) is 0 Å². The van der Waals surface area contributed by atoms with Crippen LogP contribution >= 0.6 is 0 Å². The maximum atomic E-state index is 10.5. The quantitative estimate of drug-likeness (QED) is 0.514. The highest BCUT2D eigenvalue weighted by Crippen LogP contribution is 2.23. The third kappa shape index (κ3) is 6.53. The molecule has 0 fully saturated rings. The van der Waals surface area contributed by atoms with Crippen molar-refractivity contribution < 1.29 is 8.42 Å². The minimum Gasteiger partial charge on any atom is -0.386 e. The number of hydrogen-bond acceptors (Lipinski definition) is 2. The van der Waals surface area contributed by atoms with Crippen LogP contribution in [0.2, 0.25) is 0 Å². The van der Waals surface area contributed by atoms with Crippen molar-refractivity contribution in [1.29, 1.82) is 0 Å². The second-order valence-corrected chi connectivity index (χ2v) is 5.00. The first-order valence-electron chi connectivity index (χ1n) is 4.03. The molecule has 0 spiro atoms. The summed E-state index contributed by atoms with van der Waals surface area (Å²) in [5, 5.41) is 4.70. The summed E-state index contributed by atoms with van der Waals surface area (Å²) >= 11 is 0. The van der Waals surface area contributed by atoms with Crippen molar-refractivity contribution in [2.75, 3.05) is 0 Å². The van der Waals surface area contributed by atoms with Gasteiger partial charge >= 0.3 is 10.2 Å². The number of nitrogens with two attached hydrogens (primary N) is 2. The maximum absolute atomic E-state index is 10.5. The molecule has 4 N–H and O–H groups in total. The summed E-state index contributed by atoms with van der Waals surface area (Å²) in [5.41, 5.74) is 5.37. The lowest BCUT2D eigenvalue weighted by Gasteiger charge is -2.21. The highest BCUT2D eigenvalue weighted by atomic mass is 32.2. The fourth-order valence-corrected chi connectivity index (χ4v) is 1.20. The van der Waals surface area contributed by atoms with E-state index in [-0.39, 0.29) is 11.3 Å². The predicted octanol–water partition coefficient (Wildman–Crippen LogP) is 0.373. The normalized spacial score (nSPS) is 14.6. The molecule has 5 nitrogen and oxygen atoms in total. The zero-order valence-electron chi connectivity index (χ0n) is 8.24. The first-order valence-corrected chi connectivity index (χ1v) is 5.53. The standard InChI is InChI=1S/C7H17N3O2S/c1-4-7(2,3)5-6(8)10-13(9,11)12/h4-5H2,1-3H3,(H2,8,10)(H2,9,11,12). The fraction of sp³-hybridized carbons (Fsp3) is 0.857. The first-order chi connectivity index (χ1) is 5.66. The maximum Gasteiger partial charge on any atom is 0.318 e. The van der Waals surface area contributed by atoms with Crippen LogP contribution in [0, 0.1) is 5.41 Å². The minimum atomic E-state index is -3.84. The van der Waals surface area contributed by atoms with Crippen LogP contribution in [-0.2, 0) is 10.2 Å². The van der Waals surface area contributed by atoms with E-state index in [0.717, 1.165) is 6.42 Å².